The third-order valence-corrected chi connectivity index (χ3v) is 2.45. The van der Waals surface area contributed by atoms with Crippen molar-refractivity contribution in [3.63, 3.8) is 0 Å². The molecule has 0 atom stereocenters. The molecule has 0 radical (unpaired) electrons. The summed E-state index contributed by atoms with van der Waals surface area (Å²) in [5.41, 5.74) is 0.268. The minimum absolute atomic E-state index is 0.268. The van der Waals surface area contributed by atoms with Crippen LogP contribution in [0.3, 0.4) is 0 Å². The van der Waals surface area contributed by atoms with Crippen molar-refractivity contribution in [2.45, 2.75) is 0 Å². The van der Waals surface area contributed by atoms with E-state index in [2.05, 4.69) is 10.2 Å². The van der Waals surface area contributed by atoms with Crippen LogP contribution in [0.25, 0.3) is 0 Å². The van der Waals surface area contributed by atoms with Gasteiger partial charge in [-0.1, -0.05) is 0 Å². The molecule has 0 amide bonds. The summed E-state index contributed by atoms with van der Waals surface area (Å²) in [4.78, 5) is 12.7. The second-order valence-corrected chi connectivity index (χ2v) is 3.67. The van der Waals surface area contributed by atoms with Crippen LogP contribution < -0.4 is 10.1 Å². The molecule has 0 aromatic heterocycles. The maximum Gasteiger partial charge on any atom is 0.335 e. The van der Waals surface area contributed by atoms with Gasteiger partial charge < -0.3 is 20.1 Å². The van der Waals surface area contributed by atoms with E-state index in [-0.39, 0.29) is 5.56 Å². The summed E-state index contributed by atoms with van der Waals surface area (Å²) in [7, 11) is 0. The Morgan fingerprint density at radius 1 is 1.41 bits per heavy atom. The average Bonchev–Trinajstić information content (AvgIpc) is 2.83. The molecular weight excluding hydrogens is 220 g/mol. The van der Waals surface area contributed by atoms with Crippen molar-refractivity contribution in [3.05, 3.63) is 42.2 Å². The molecule has 0 aliphatic carbocycles. The van der Waals surface area contributed by atoms with Gasteiger partial charge in [0.2, 0.25) is 0 Å². The van der Waals surface area contributed by atoms with Crippen LogP contribution >= 0.6 is 0 Å². The van der Waals surface area contributed by atoms with Gasteiger partial charge in [0.25, 0.3) is 0 Å². The Kier molecular flexibility index (Phi) is 3.49. The third-order valence-electron chi connectivity index (χ3n) is 2.45. The molecule has 1 aliphatic rings. The number of carbonyl (C=O) groups is 1. The predicted molar refractivity (Wildman–Crippen MR) is 62.7 cm³/mol. The van der Waals surface area contributed by atoms with E-state index in [1.807, 2.05) is 12.4 Å². The molecule has 0 saturated heterocycles. The van der Waals surface area contributed by atoms with E-state index < -0.39 is 5.97 Å². The first-order valence-electron chi connectivity index (χ1n) is 5.36. The molecule has 1 aromatic rings. The van der Waals surface area contributed by atoms with Gasteiger partial charge in [0.05, 0.1) is 18.8 Å². The van der Waals surface area contributed by atoms with Gasteiger partial charge in [-0.3, -0.25) is 0 Å². The summed E-state index contributed by atoms with van der Waals surface area (Å²) in [6.07, 6.45) is 3.86. The highest BCUT2D eigenvalue weighted by molar-refractivity contribution is 5.87. The molecule has 0 spiro atoms. The van der Waals surface area contributed by atoms with Crippen LogP contribution in [0, 0.1) is 0 Å². The van der Waals surface area contributed by atoms with Gasteiger partial charge in [0.15, 0.2) is 0 Å². The van der Waals surface area contributed by atoms with Crippen LogP contribution in [0.4, 0.5) is 0 Å². The summed E-state index contributed by atoms with van der Waals surface area (Å²) < 4.78 is 5.51. The van der Waals surface area contributed by atoms with Crippen LogP contribution in [0.15, 0.2) is 36.7 Å². The van der Waals surface area contributed by atoms with Gasteiger partial charge in [-0.15, -0.1) is 0 Å². The molecule has 0 unspecified atom stereocenters. The maximum absolute atomic E-state index is 10.6. The zero-order valence-corrected chi connectivity index (χ0v) is 9.30. The van der Waals surface area contributed by atoms with E-state index in [9.17, 15) is 4.79 Å². The molecule has 2 N–H and O–H groups in total. The Bertz CT molecular complexity index is 414. The van der Waals surface area contributed by atoms with Gasteiger partial charge in [-0.2, -0.15) is 0 Å². The van der Waals surface area contributed by atoms with Crippen molar-refractivity contribution in [1.29, 1.82) is 0 Å². The summed E-state index contributed by atoms with van der Waals surface area (Å²) in [6, 6.07) is 6.41. The quantitative estimate of drug-likeness (QED) is 0.798. The number of carboxylic acids is 1. The Hall–Kier alpha value is -2.17. The highest BCUT2D eigenvalue weighted by Crippen LogP contribution is 2.12. The Balaban J connectivity index is 1.78. The molecular formula is C12H14N2O3. The predicted octanol–water partition coefficient (Wildman–Crippen LogP) is 1.10. The number of aromatic carboxylic acids is 1. The van der Waals surface area contributed by atoms with Crippen molar-refractivity contribution in [3.8, 4) is 5.75 Å². The summed E-state index contributed by atoms with van der Waals surface area (Å²) in [5, 5.41) is 11.8. The minimum atomic E-state index is -0.926. The van der Waals surface area contributed by atoms with Crippen molar-refractivity contribution < 1.29 is 14.6 Å². The summed E-state index contributed by atoms with van der Waals surface area (Å²) >= 11 is 0. The molecule has 0 bridgehead atoms. The van der Waals surface area contributed by atoms with Crippen LogP contribution in [-0.2, 0) is 0 Å². The smallest absolute Gasteiger partial charge is 0.335 e. The van der Waals surface area contributed by atoms with E-state index in [0.29, 0.717) is 12.4 Å². The standard InChI is InChI=1S/C12H14N2O3/c15-12(16)10-1-3-11(4-2-10)17-8-7-14-6-5-13-9-14/h1-6,13H,7-9H2,(H,15,16). The van der Waals surface area contributed by atoms with Crippen molar-refractivity contribution in [2.75, 3.05) is 19.8 Å². The summed E-state index contributed by atoms with van der Waals surface area (Å²) in [6.45, 7) is 2.17. The van der Waals surface area contributed by atoms with E-state index in [1.54, 1.807) is 12.1 Å². The summed E-state index contributed by atoms with van der Waals surface area (Å²) in [5.74, 6) is -0.240. The maximum atomic E-state index is 10.6. The fraction of sp³-hybridized carbons (Fsp3) is 0.250. The van der Waals surface area contributed by atoms with Gasteiger partial charge >= 0.3 is 5.97 Å². The first-order chi connectivity index (χ1) is 8.25. The molecule has 90 valence electrons. The first kappa shape index (κ1) is 11.3. The van der Waals surface area contributed by atoms with Crippen LogP contribution in [0.5, 0.6) is 5.75 Å². The first-order valence-corrected chi connectivity index (χ1v) is 5.36. The van der Waals surface area contributed by atoms with E-state index in [4.69, 9.17) is 9.84 Å². The van der Waals surface area contributed by atoms with Gasteiger partial charge in [0, 0.05) is 12.4 Å². The Morgan fingerprint density at radius 2 is 2.18 bits per heavy atom. The second-order valence-electron chi connectivity index (χ2n) is 3.67. The molecule has 0 fully saturated rings. The van der Waals surface area contributed by atoms with Gasteiger partial charge in [-0.25, -0.2) is 4.79 Å². The lowest BCUT2D eigenvalue weighted by Crippen LogP contribution is -2.25. The average molecular weight is 234 g/mol. The van der Waals surface area contributed by atoms with Crippen LogP contribution in [0.1, 0.15) is 10.4 Å². The van der Waals surface area contributed by atoms with Crippen molar-refractivity contribution in [2.24, 2.45) is 0 Å². The molecule has 0 saturated carbocycles. The Morgan fingerprint density at radius 3 is 2.76 bits per heavy atom. The number of nitrogens with zero attached hydrogens (tertiary/aromatic N) is 1. The number of benzene rings is 1. The number of carboxylic acid groups (broad SMARTS) is 1. The highest BCUT2D eigenvalue weighted by Gasteiger charge is 2.04. The highest BCUT2D eigenvalue weighted by atomic mass is 16.5. The zero-order chi connectivity index (χ0) is 12.1. The van der Waals surface area contributed by atoms with Gasteiger partial charge in [0.1, 0.15) is 12.4 Å². The molecule has 2 rings (SSSR count). The zero-order valence-electron chi connectivity index (χ0n) is 9.30. The van der Waals surface area contributed by atoms with Crippen molar-refractivity contribution in [1.82, 2.24) is 10.2 Å². The van der Waals surface area contributed by atoms with Crippen LogP contribution in [0.2, 0.25) is 0 Å². The molecule has 1 heterocycles. The van der Waals surface area contributed by atoms with Crippen LogP contribution in [-0.4, -0.2) is 35.8 Å². The fourth-order valence-electron chi connectivity index (χ4n) is 1.51. The Labute approximate surface area is 99.3 Å². The lowest BCUT2D eigenvalue weighted by molar-refractivity contribution is 0.0697. The molecule has 5 nitrogen and oxygen atoms in total. The number of hydrogen-bond donors (Lipinski definition) is 2. The number of ether oxygens (including phenoxy) is 1. The monoisotopic (exact) mass is 234 g/mol. The topological polar surface area (TPSA) is 61.8 Å². The number of nitrogens with one attached hydrogen (secondary N) is 1. The number of rotatable bonds is 5. The molecule has 17 heavy (non-hydrogen) atoms. The van der Waals surface area contributed by atoms with E-state index in [1.165, 1.54) is 12.1 Å². The number of hydrogen-bond acceptors (Lipinski definition) is 4. The van der Waals surface area contributed by atoms with E-state index >= 15 is 0 Å². The molecule has 5 heteroatoms. The second kappa shape index (κ2) is 5.25. The van der Waals surface area contributed by atoms with E-state index in [0.717, 1.165) is 13.2 Å². The molecule has 1 aromatic carbocycles. The molecule has 1 aliphatic heterocycles. The largest absolute Gasteiger partial charge is 0.492 e. The van der Waals surface area contributed by atoms with Crippen molar-refractivity contribution >= 4 is 5.97 Å². The lowest BCUT2D eigenvalue weighted by atomic mass is 10.2. The third kappa shape index (κ3) is 3.14. The fourth-order valence-corrected chi connectivity index (χ4v) is 1.51. The van der Waals surface area contributed by atoms with Gasteiger partial charge in [-0.05, 0) is 24.3 Å². The lowest BCUT2D eigenvalue weighted by Gasteiger charge is -2.15. The SMILES string of the molecule is O=C(O)c1ccc(OCCN2C=CNC2)cc1. The minimum Gasteiger partial charge on any atom is -0.492 e. The normalized spacial score (nSPS) is 13.5.